The number of aromatic nitrogens is 2. The van der Waals surface area contributed by atoms with E-state index in [-0.39, 0.29) is 17.2 Å². The number of benzene rings is 1. The Morgan fingerprint density at radius 2 is 1.91 bits per heavy atom. The van der Waals surface area contributed by atoms with Gasteiger partial charge in [-0.25, -0.2) is 4.98 Å². The summed E-state index contributed by atoms with van der Waals surface area (Å²) in [5.41, 5.74) is 1.09. The van der Waals surface area contributed by atoms with Crippen LogP contribution in [0.3, 0.4) is 0 Å². The number of anilines is 1. The molecule has 1 aliphatic rings. The molecule has 4 heterocycles. The molecule has 1 saturated heterocycles. The van der Waals surface area contributed by atoms with Crippen molar-refractivity contribution in [3.8, 4) is 0 Å². The molecule has 1 amide bonds. The third-order valence-corrected chi connectivity index (χ3v) is 8.12. The number of carbonyl (C=O) groups excluding carboxylic acids is 1. The van der Waals surface area contributed by atoms with Gasteiger partial charge in [-0.05, 0) is 36.8 Å². The summed E-state index contributed by atoms with van der Waals surface area (Å²) in [7, 11) is 0. The number of fused-ring (bicyclic) bond motifs is 1. The Balaban J connectivity index is 1.31. The second kappa shape index (κ2) is 10.1. The van der Waals surface area contributed by atoms with Gasteiger partial charge in [-0.2, -0.15) is 0 Å². The van der Waals surface area contributed by atoms with Gasteiger partial charge in [0.05, 0.1) is 23.9 Å². The highest BCUT2D eigenvalue weighted by Gasteiger charge is 2.23. The van der Waals surface area contributed by atoms with Gasteiger partial charge in [-0.15, -0.1) is 11.3 Å². The predicted molar refractivity (Wildman–Crippen MR) is 137 cm³/mol. The SMILES string of the molecule is CCc1cc2c(=O)n(Cc3ccco3)c(SCC(=O)N3CCN(c4ccccc4)CC3)nc2s1. The van der Waals surface area contributed by atoms with Crippen LogP contribution in [0.1, 0.15) is 17.6 Å². The number of nitrogens with zero attached hydrogens (tertiary/aromatic N) is 4. The maximum absolute atomic E-state index is 13.3. The molecule has 1 aliphatic heterocycles. The van der Waals surface area contributed by atoms with E-state index in [1.165, 1.54) is 17.4 Å². The molecule has 34 heavy (non-hydrogen) atoms. The zero-order valence-electron chi connectivity index (χ0n) is 19.0. The van der Waals surface area contributed by atoms with Crippen molar-refractivity contribution in [3.05, 3.63) is 75.8 Å². The van der Waals surface area contributed by atoms with E-state index in [0.29, 0.717) is 35.9 Å². The molecule has 0 saturated carbocycles. The molecule has 0 N–H and O–H groups in total. The lowest BCUT2D eigenvalue weighted by atomic mass is 10.2. The summed E-state index contributed by atoms with van der Waals surface area (Å²) in [6.45, 7) is 5.34. The Morgan fingerprint density at radius 1 is 1.12 bits per heavy atom. The minimum atomic E-state index is -0.0937. The van der Waals surface area contributed by atoms with E-state index in [2.05, 4.69) is 24.0 Å². The zero-order chi connectivity index (χ0) is 23.5. The highest BCUT2D eigenvalue weighted by molar-refractivity contribution is 7.99. The zero-order valence-corrected chi connectivity index (χ0v) is 20.6. The number of hydrogen-bond acceptors (Lipinski definition) is 7. The molecule has 0 spiro atoms. The molecule has 1 fully saturated rings. The number of carbonyl (C=O) groups is 1. The maximum Gasteiger partial charge on any atom is 0.263 e. The van der Waals surface area contributed by atoms with Crippen molar-refractivity contribution in [2.75, 3.05) is 36.8 Å². The molecule has 9 heteroatoms. The molecule has 1 aromatic carbocycles. The summed E-state index contributed by atoms with van der Waals surface area (Å²) < 4.78 is 7.10. The van der Waals surface area contributed by atoms with Gasteiger partial charge in [0.25, 0.3) is 5.56 Å². The first-order chi connectivity index (χ1) is 16.6. The average molecular weight is 495 g/mol. The van der Waals surface area contributed by atoms with E-state index in [1.54, 1.807) is 28.2 Å². The van der Waals surface area contributed by atoms with Crippen molar-refractivity contribution in [3.63, 3.8) is 0 Å². The van der Waals surface area contributed by atoms with E-state index in [4.69, 9.17) is 9.40 Å². The second-order valence-electron chi connectivity index (χ2n) is 8.14. The summed E-state index contributed by atoms with van der Waals surface area (Å²) >= 11 is 2.87. The lowest BCUT2D eigenvalue weighted by molar-refractivity contribution is -0.128. The van der Waals surface area contributed by atoms with E-state index in [1.807, 2.05) is 35.2 Å². The first kappa shape index (κ1) is 22.7. The number of furan rings is 1. The quantitative estimate of drug-likeness (QED) is 0.285. The molecular formula is C25H26N4O3S2. The van der Waals surface area contributed by atoms with Gasteiger partial charge >= 0.3 is 0 Å². The minimum Gasteiger partial charge on any atom is -0.467 e. The van der Waals surface area contributed by atoms with Gasteiger partial charge in [0.15, 0.2) is 5.16 Å². The van der Waals surface area contributed by atoms with Crippen molar-refractivity contribution < 1.29 is 9.21 Å². The van der Waals surface area contributed by atoms with Crippen LogP contribution < -0.4 is 10.5 Å². The number of aryl methyl sites for hydroxylation is 1. The standard InChI is InChI=1S/C25H26N4O3S2/c1-2-20-15-21-23(34-20)26-25(29(24(21)31)16-19-9-6-14-32-19)33-17-22(30)28-12-10-27(11-13-28)18-7-4-3-5-8-18/h3-9,14-15H,2,10-13,16-17H2,1H3. The maximum atomic E-state index is 13.3. The molecule has 0 atom stereocenters. The van der Waals surface area contributed by atoms with Crippen LogP contribution in [0.15, 0.2) is 69.2 Å². The predicted octanol–water partition coefficient (Wildman–Crippen LogP) is 4.10. The van der Waals surface area contributed by atoms with Gasteiger partial charge in [-0.1, -0.05) is 36.9 Å². The molecule has 176 valence electrons. The molecule has 0 bridgehead atoms. The summed E-state index contributed by atoms with van der Waals surface area (Å²) in [5.74, 6) is 0.990. The molecular weight excluding hydrogens is 468 g/mol. The first-order valence-corrected chi connectivity index (χ1v) is 13.2. The normalized spacial score (nSPS) is 14.1. The van der Waals surface area contributed by atoms with Crippen molar-refractivity contribution in [2.24, 2.45) is 0 Å². The van der Waals surface area contributed by atoms with Gasteiger partial charge in [0.1, 0.15) is 10.6 Å². The summed E-state index contributed by atoms with van der Waals surface area (Å²) in [6, 6.07) is 15.9. The van der Waals surface area contributed by atoms with Crippen molar-refractivity contribution in [2.45, 2.75) is 25.0 Å². The van der Waals surface area contributed by atoms with E-state index < -0.39 is 0 Å². The molecule has 5 rings (SSSR count). The second-order valence-corrected chi connectivity index (χ2v) is 10.2. The third kappa shape index (κ3) is 4.76. The summed E-state index contributed by atoms with van der Waals surface area (Å²) in [4.78, 5) is 37.1. The molecule has 7 nitrogen and oxygen atoms in total. The smallest absolute Gasteiger partial charge is 0.263 e. The Kier molecular flexibility index (Phi) is 6.73. The van der Waals surface area contributed by atoms with Gasteiger partial charge < -0.3 is 14.2 Å². The van der Waals surface area contributed by atoms with Gasteiger partial charge in [0.2, 0.25) is 5.91 Å². The van der Waals surface area contributed by atoms with Crippen LogP contribution >= 0.6 is 23.1 Å². The largest absolute Gasteiger partial charge is 0.467 e. The fraction of sp³-hybridized carbons (Fsp3) is 0.320. The number of amides is 1. The monoisotopic (exact) mass is 494 g/mol. The Hall–Kier alpha value is -3.04. The van der Waals surface area contributed by atoms with Gasteiger partial charge in [0, 0.05) is 36.7 Å². The van der Waals surface area contributed by atoms with Crippen LogP contribution in [0.5, 0.6) is 0 Å². The molecule has 3 aromatic heterocycles. The topological polar surface area (TPSA) is 71.6 Å². The van der Waals surface area contributed by atoms with Crippen LogP contribution in [0.2, 0.25) is 0 Å². The van der Waals surface area contributed by atoms with Crippen LogP contribution in [0.4, 0.5) is 5.69 Å². The molecule has 0 unspecified atom stereocenters. The Morgan fingerprint density at radius 3 is 2.62 bits per heavy atom. The number of rotatable bonds is 7. The number of hydrogen-bond donors (Lipinski definition) is 0. The molecule has 0 radical (unpaired) electrons. The van der Waals surface area contributed by atoms with E-state index in [0.717, 1.165) is 29.2 Å². The number of thiophene rings is 1. The fourth-order valence-corrected chi connectivity index (χ4v) is 6.01. The van der Waals surface area contributed by atoms with E-state index in [9.17, 15) is 9.59 Å². The summed E-state index contributed by atoms with van der Waals surface area (Å²) in [5, 5.41) is 1.18. The summed E-state index contributed by atoms with van der Waals surface area (Å²) in [6.07, 6.45) is 2.45. The highest BCUT2D eigenvalue weighted by atomic mass is 32.2. The van der Waals surface area contributed by atoms with Crippen LogP contribution in [0.25, 0.3) is 10.2 Å². The lowest BCUT2D eigenvalue weighted by Crippen LogP contribution is -2.49. The minimum absolute atomic E-state index is 0.0667. The Labute approximate surface area is 206 Å². The van der Waals surface area contributed by atoms with Crippen LogP contribution in [-0.2, 0) is 17.8 Å². The van der Waals surface area contributed by atoms with Crippen molar-refractivity contribution in [1.82, 2.24) is 14.5 Å². The number of piperazine rings is 1. The number of thioether (sulfide) groups is 1. The van der Waals surface area contributed by atoms with Crippen molar-refractivity contribution in [1.29, 1.82) is 0 Å². The fourth-order valence-electron chi connectivity index (χ4n) is 4.10. The van der Waals surface area contributed by atoms with Crippen molar-refractivity contribution >= 4 is 44.9 Å². The van der Waals surface area contributed by atoms with Gasteiger partial charge in [-0.3, -0.25) is 14.2 Å². The van der Waals surface area contributed by atoms with Crippen LogP contribution in [0, 0.1) is 0 Å². The number of para-hydroxylation sites is 1. The third-order valence-electron chi connectivity index (χ3n) is 5.99. The highest BCUT2D eigenvalue weighted by Crippen LogP contribution is 2.26. The average Bonchev–Trinajstić information content (AvgIpc) is 3.55. The van der Waals surface area contributed by atoms with E-state index >= 15 is 0 Å². The molecule has 0 aliphatic carbocycles. The first-order valence-electron chi connectivity index (χ1n) is 11.4. The lowest BCUT2D eigenvalue weighted by Gasteiger charge is -2.36. The molecule has 4 aromatic rings. The Bertz CT molecular complexity index is 1320. The van der Waals surface area contributed by atoms with Crippen LogP contribution in [-0.4, -0.2) is 52.3 Å².